The fraction of sp³-hybridized carbons (Fsp3) is 0.269. The van der Waals surface area contributed by atoms with Gasteiger partial charge in [0.05, 0.1) is 11.9 Å². The zero-order valence-electron chi connectivity index (χ0n) is 18.3. The predicted octanol–water partition coefficient (Wildman–Crippen LogP) is 6.13. The Morgan fingerprint density at radius 2 is 1.47 bits per heavy atom. The van der Waals surface area contributed by atoms with Gasteiger partial charge in [-0.15, -0.1) is 0 Å². The van der Waals surface area contributed by atoms with Crippen LogP contribution in [0.1, 0.15) is 26.3 Å². The lowest BCUT2D eigenvalue weighted by molar-refractivity contribution is 0.827. The SMILES string of the molecule is CCN(CC)c1ccc(N(C)/N=C/c2ccc3c(c2)c2ccccc2n3CC)cc1. The first-order valence-corrected chi connectivity index (χ1v) is 10.8. The quantitative estimate of drug-likeness (QED) is 0.276. The van der Waals surface area contributed by atoms with Crippen LogP contribution in [-0.4, -0.2) is 30.9 Å². The molecule has 3 aromatic carbocycles. The Hall–Kier alpha value is -3.27. The average molecular weight is 399 g/mol. The Balaban J connectivity index is 1.60. The molecule has 4 rings (SSSR count). The lowest BCUT2D eigenvalue weighted by atomic mass is 10.1. The summed E-state index contributed by atoms with van der Waals surface area (Å²) >= 11 is 0. The molecule has 0 radical (unpaired) electrons. The average Bonchev–Trinajstić information content (AvgIpc) is 3.11. The molecule has 0 saturated heterocycles. The number of nitrogens with zero attached hydrogens (tertiary/aromatic N) is 4. The van der Waals surface area contributed by atoms with Gasteiger partial charge in [-0.05, 0) is 68.8 Å². The van der Waals surface area contributed by atoms with Crippen molar-refractivity contribution in [1.29, 1.82) is 0 Å². The van der Waals surface area contributed by atoms with Gasteiger partial charge < -0.3 is 9.47 Å². The third-order valence-electron chi connectivity index (χ3n) is 5.84. The maximum Gasteiger partial charge on any atom is 0.0592 e. The molecule has 154 valence electrons. The van der Waals surface area contributed by atoms with Crippen LogP contribution in [0.4, 0.5) is 11.4 Å². The minimum absolute atomic E-state index is 0.962. The first kappa shape index (κ1) is 20.0. The van der Waals surface area contributed by atoms with E-state index in [4.69, 9.17) is 0 Å². The van der Waals surface area contributed by atoms with Crippen molar-refractivity contribution in [3.63, 3.8) is 0 Å². The number of fused-ring (bicyclic) bond motifs is 3. The van der Waals surface area contributed by atoms with Crippen molar-refractivity contribution in [2.75, 3.05) is 30.0 Å². The lowest BCUT2D eigenvalue weighted by Crippen LogP contribution is -2.21. The van der Waals surface area contributed by atoms with Crippen LogP contribution in [0.3, 0.4) is 0 Å². The second-order valence-electron chi connectivity index (χ2n) is 7.49. The number of hydrogen-bond acceptors (Lipinski definition) is 3. The number of benzene rings is 3. The number of aryl methyl sites for hydroxylation is 1. The van der Waals surface area contributed by atoms with E-state index in [-0.39, 0.29) is 0 Å². The molecule has 0 atom stereocenters. The Labute approximate surface area is 179 Å². The van der Waals surface area contributed by atoms with Gasteiger partial charge in [-0.25, -0.2) is 0 Å². The number of hydrogen-bond donors (Lipinski definition) is 0. The van der Waals surface area contributed by atoms with Crippen LogP contribution >= 0.6 is 0 Å². The van der Waals surface area contributed by atoms with Gasteiger partial charge in [-0.1, -0.05) is 24.3 Å². The van der Waals surface area contributed by atoms with E-state index >= 15 is 0 Å². The molecule has 0 bridgehead atoms. The van der Waals surface area contributed by atoms with Gasteiger partial charge in [-0.3, -0.25) is 5.01 Å². The fourth-order valence-corrected chi connectivity index (χ4v) is 4.18. The minimum atomic E-state index is 0.962. The van der Waals surface area contributed by atoms with E-state index in [0.29, 0.717) is 0 Å². The first-order chi connectivity index (χ1) is 14.7. The molecule has 1 heterocycles. The number of rotatable bonds is 7. The van der Waals surface area contributed by atoms with Crippen LogP contribution in [0.5, 0.6) is 0 Å². The lowest BCUT2D eigenvalue weighted by Gasteiger charge is -2.22. The maximum absolute atomic E-state index is 4.68. The first-order valence-electron chi connectivity index (χ1n) is 10.8. The predicted molar refractivity (Wildman–Crippen MR) is 131 cm³/mol. The van der Waals surface area contributed by atoms with E-state index in [1.165, 1.54) is 27.5 Å². The highest BCUT2D eigenvalue weighted by molar-refractivity contribution is 6.09. The minimum Gasteiger partial charge on any atom is -0.372 e. The molecule has 4 heteroatoms. The Bertz CT molecular complexity index is 1170. The van der Waals surface area contributed by atoms with Crippen LogP contribution in [0.15, 0.2) is 71.8 Å². The number of aromatic nitrogens is 1. The highest BCUT2D eigenvalue weighted by atomic mass is 15.4. The monoisotopic (exact) mass is 398 g/mol. The van der Waals surface area contributed by atoms with Crippen molar-refractivity contribution in [2.24, 2.45) is 5.10 Å². The summed E-state index contributed by atoms with van der Waals surface area (Å²) < 4.78 is 2.37. The Morgan fingerprint density at radius 1 is 0.800 bits per heavy atom. The smallest absolute Gasteiger partial charge is 0.0592 e. The number of anilines is 2. The molecule has 4 aromatic rings. The summed E-state index contributed by atoms with van der Waals surface area (Å²) in [7, 11) is 1.99. The van der Waals surface area contributed by atoms with Crippen LogP contribution in [0.25, 0.3) is 21.8 Å². The van der Waals surface area contributed by atoms with Crippen LogP contribution in [0, 0.1) is 0 Å². The van der Waals surface area contributed by atoms with Crippen molar-refractivity contribution < 1.29 is 0 Å². The Morgan fingerprint density at radius 3 is 2.17 bits per heavy atom. The van der Waals surface area contributed by atoms with Gasteiger partial charge in [0.15, 0.2) is 0 Å². The third kappa shape index (κ3) is 3.65. The number of para-hydroxylation sites is 1. The van der Waals surface area contributed by atoms with E-state index in [1.54, 1.807) is 0 Å². The summed E-state index contributed by atoms with van der Waals surface area (Å²) in [6, 6.07) is 23.8. The topological polar surface area (TPSA) is 23.8 Å². The van der Waals surface area contributed by atoms with Gasteiger partial charge in [0.25, 0.3) is 0 Å². The fourth-order valence-electron chi connectivity index (χ4n) is 4.18. The highest BCUT2D eigenvalue weighted by Gasteiger charge is 2.09. The largest absolute Gasteiger partial charge is 0.372 e. The highest BCUT2D eigenvalue weighted by Crippen LogP contribution is 2.29. The van der Waals surface area contributed by atoms with Gasteiger partial charge >= 0.3 is 0 Å². The molecule has 1 aromatic heterocycles. The van der Waals surface area contributed by atoms with Crippen LogP contribution < -0.4 is 9.91 Å². The molecule has 4 nitrogen and oxygen atoms in total. The summed E-state index contributed by atoms with van der Waals surface area (Å²) in [5.74, 6) is 0. The molecule has 0 fully saturated rings. The van der Waals surface area contributed by atoms with E-state index in [2.05, 4.69) is 102 Å². The zero-order valence-corrected chi connectivity index (χ0v) is 18.3. The van der Waals surface area contributed by atoms with Gasteiger partial charge in [0.2, 0.25) is 0 Å². The van der Waals surface area contributed by atoms with E-state index in [9.17, 15) is 0 Å². The van der Waals surface area contributed by atoms with Gasteiger partial charge in [0, 0.05) is 54.2 Å². The van der Waals surface area contributed by atoms with Gasteiger partial charge in [-0.2, -0.15) is 5.10 Å². The van der Waals surface area contributed by atoms with E-state index < -0.39 is 0 Å². The van der Waals surface area contributed by atoms with Crippen LogP contribution in [-0.2, 0) is 6.54 Å². The van der Waals surface area contributed by atoms with Crippen LogP contribution in [0.2, 0.25) is 0 Å². The summed E-state index contributed by atoms with van der Waals surface area (Å²) in [6.07, 6.45) is 1.94. The van der Waals surface area contributed by atoms with E-state index in [0.717, 1.165) is 30.9 Å². The van der Waals surface area contributed by atoms with E-state index in [1.807, 2.05) is 18.3 Å². The summed E-state index contributed by atoms with van der Waals surface area (Å²) in [6.45, 7) is 9.55. The maximum atomic E-state index is 4.68. The summed E-state index contributed by atoms with van der Waals surface area (Å²) in [4.78, 5) is 2.34. The molecule has 30 heavy (non-hydrogen) atoms. The molecule has 0 N–H and O–H groups in total. The van der Waals surface area contributed by atoms with Crippen molar-refractivity contribution >= 4 is 39.4 Å². The second kappa shape index (κ2) is 8.62. The molecule has 0 aliphatic heterocycles. The standard InChI is InChI=1S/C26H30N4/c1-5-29(6-2)22-15-13-21(14-16-22)28(4)27-19-20-12-17-26-24(18-20)23-10-8-9-11-25(23)30(26)7-3/h8-19H,5-7H2,1-4H3/b27-19+. The van der Waals surface area contributed by atoms with Crippen molar-refractivity contribution in [3.8, 4) is 0 Å². The molecule has 0 spiro atoms. The Kier molecular flexibility index (Phi) is 5.75. The van der Waals surface area contributed by atoms with Gasteiger partial charge in [0.1, 0.15) is 0 Å². The molecule has 0 aliphatic carbocycles. The summed E-state index contributed by atoms with van der Waals surface area (Å²) in [5, 5.41) is 9.18. The number of hydrazone groups is 1. The molecular formula is C26H30N4. The zero-order chi connectivity index (χ0) is 21.1. The molecular weight excluding hydrogens is 368 g/mol. The van der Waals surface area contributed by atoms with Crippen molar-refractivity contribution in [3.05, 3.63) is 72.3 Å². The molecule has 0 aliphatic rings. The molecule has 0 unspecified atom stereocenters. The third-order valence-corrected chi connectivity index (χ3v) is 5.84. The normalized spacial score (nSPS) is 11.6. The molecule has 0 amide bonds. The summed E-state index contributed by atoms with van der Waals surface area (Å²) in [5.41, 5.74) is 5.99. The van der Waals surface area contributed by atoms with Crippen molar-refractivity contribution in [1.82, 2.24) is 4.57 Å². The van der Waals surface area contributed by atoms with Crippen molar-refractivity contribution in [2.45, 2.75) is 27.3 Å². The second-order valence-corrected chi connectivity index (χ2v) is 7.49. The molecule has 0 saturated carbocycles.